The summed E-state index contributed by atoms with van der Waals surface area (Å²) in [7, 11) is 0. The topological polar surface area (TPSA) is 51.4 Å². The van der Waals surface area contributed by atoms with Crippen LogP contribution in [0.3, 0.4) is 0 Å². The molecule has 2 aromatic rings. The van der Waals surface area contributed by atoms with Crippen molar-refractivity contribution in [1.82, 2.24) is 15.1 Å². The summed E-state index contributed by atoms with van der Waals surface area (Å²) in [6.45, 7) is 7.11. The van der Waals surface area contributed by atoms with Crippen molar-refractivity contribution < 1.29 is 9.15 Å². The molecule has 0 amide bonds. The minimum Gasteiger partial charge on any atom is -0.424 e. The lowest BCUT2D eigenvalue weighted by molar-refractivity contribution is -0.0225. The molecule has 3 rings (SSSR count). The Hall–Kier alpha value is -1.24. The van der Waals surface area contributed by atoms with E-state index in [9.17, 15) is 0 Å². The SMILES string of the molecule is Cc1nnc([C@@H]2COCCN2Cc2csc(C)c2)o1. The zero-order valence-electron chi connectivity index (χ0n) is 11.1. The maximum atomic E-state index is 5.55. The number of hydrogen-bond donors (Lipinski definition) is 0. The van der Waals surface area contributed by atoms with E-state index in [2.05, 4.69) is 33.5 Å². The van der Waals surface area contributed by atoms with Crippen molar-refractivity contribution in [1.29, 1.82) is 0 Å². The van der Waals surface area contributed by atoms with E-state index in [1.165, 1.54) is 10.4 Å². The van der Waals surface area contributed by atoms with Gasteiger partial charge in [0.25, 0.3) is 0 Å². The number of ether oxygens (including phenoxy) is 1. The summed E-state index contributed by atoms with van der Waals surface area (Å²) in [5.41, 5.74) is 1.34. The summed E-state index contributed by atoms with van der Waals surface area (Å²) in [6, 6.07) is 2.30. The average Bonchev–Trinajstić information content (AvgIpc) is 2.99. The summed E-state index contributed by atoms with van der Waals surface area (Å²) in [5.74, 6) is 1.26. The second-order valence-electron chi connectivity index (χ2n) is 4.79. The molecule has 0 unspecified atom stereocenters. The van der Waals surface area contributed by atoms with Crippen LogP contribution in [0.25, 0.3) is 0 Å². The first-order chi connectivity index (χ1) is 9.22. The molecule has 1 atom stereocenters. The molecule has 2 aromatic heterocycles. The summed E-state index contributed by atoms with van der Waals surface area (Å²) in [6.07, 6.45) is 0. The maximum Gasteiger partial charge on any atom is 0.235 e. The fourth-order valence-corrected chi connectivity index (χ4v) is 3.02. The zero-order valence-corrected chi connectivity index (χ0v) is 11.9. The molecule has 1 saturated heterocycles. The number of hydrogen-bond acceptors (Lipinski definition) is 6. The number of aromatic nitrogens is 2. The van der Waals surface area contributed by atoms with Crippen LogP contribution in [0, 0.1) is 13.8 Å². The third kappa shape index (κ3) is 2.86. The van der Waals surface area contributed by atoms with Gasteiger partial charge in [0, 0.05) is 24.9 Å². The van der Waals surface area contributed by atoms with Crippen molar-refractivity contribution in [2.24, 2.45) is 0 Å². The van der Waals surface area contributed by atoms with Crippen LogP contribution in [0.1, 0.15) is 28.3 Å². The monoisotopic (exact) mass is 279 g/mol. The molecular formula is C13H17N3O2S. The summed E-state index contributed by atoms with van der Waals surface area (Å²) >= 11 is 1.78. The highest BCUT2D eigenvalue weighted by Crippen LogP contribution is 2.26. The van der Waals surface area contributed by atoms with E-state index in [-0.39, 0.29) is 6.04 Å². The van der Waals surface area contributed by atoms with Gasteiger partial charge < -0.3 is 9.15 Å². The summed E-state index contributed by atoms with van der Waals surface area (Å²) < 4.78 is 11.1. The molecule has 0 spiro atoms. The van der Waals surface area contributed by atoms with Gasteiger partial charge in [-0.1, -0.05) is 0 Å². The normalized spacial score (nSPS) is 20.8. The molecule has 1 fully saturated rings. The lowest BCUT2D eigenvalue weighted by Gasteiger charge is -2.33. The molecule has 0 radical (unpaired) electrons. The van der Waals surface area contributed by atoms with Crippen LogP contribution in [0.2, 0.25) is 0 Å². The standard InChI is InChI=1S/C13H17N3O2S/c1-9-5-11(8-19-9)6-16-3-4-17-7-12(16)13-15-14-10(2)18-13/h5,8,12H,3-4,6-7H2,1-2H3/t12-/m0/s1. The predicted molar refractivity (Wildman–Crippen MR) is 72.1 cm³/mol. The summed E-state index contributed by atoms with van der Waals surface area (Å²) in [5, 5.41) is 10.3. The van der Waals surface area contributed by atoms with Gasteiger partial charge in [0.2, 0.25) is 11.8 Å². The molecular weight excluding hydrogens is 262 g/mol. The second-order valence-corrected chi connectivity index (χ2v) is 5.90. The fraction of sp³-hybridized carbons (Fsp3) is 0.538. The van der Waals surface area contributed by atoms with Crippen LogP contribution in [-0.4, -0.2) is 34.9 Å². The molecule has 102 valence electrons. The molecule has 0 N–H and O–H groups in total. The van der Waals surface area contributed by atoms with Crippen LogP contribution >= 0.6 is 11.3 Å². The van der Waals surface area contributed by atoms with Crippen molar-refractivity contribution >= 4 is 11.3 Å². The van der Waals surface area contributed by atoms with Gasteiger partial charge in [0.05, 0.1) is 13.2 Å². The number of morpholine rings is 1. The van der Waals surface area contributed by atoms with Crippen LogP contribution < -0.4 is 0 Å². The van der Waals surface area contributed by atoms with E-state index in [0.717, 1.165) is 19.7 Å². The van der Waals surface area contributed by atoms with Crippen molar-refractivity contribution in [3.8, 4) is 0 Å². The highest BCUT2D eigenvalue weighted by Gasteiger charge is 2.29. The van der Waals surface area contributed by atoms with Crippen molar-refractivity contribution in [2.75, 3.05) is 19.8 Å². The minimum absolute atomic E-state index is 0.0650. The van der Waals surface area contributed by atoms with Crippen molar-refractivity contribution in [3.05, 3.63) is 33.7 Å². The van der Waals surface area contributed by atoms with Crippen LogP contribution in [-0.2, 0) is 11.3 Å². The van der Waals surface area contributed by atoms with Gasteiger partial charge in [0.15, 0.2) is 0 Å². The first-order valence-corrected chi connectivity index (χ1v) is 7.26. The molecule has 19 heavy (non-hydrogen) atoms. The Kier molecular flexibility index (Phi) is 3.63. The summed E-state index contributed by atoms with van der Waals surface area (Å²) in [4.78, 5) is 3.69. The van der Waals surface area contributed by atoms with Gasteiger partial charge in [-0.2, -0.15) is 0 Å². The quantitative estimate of drug-likeness (QED) is 0.863. The van der Waals surface area contributed by atoms with E-state index >= 15 is 0 Å². The van der Waals surface area contributed by atoms with Crippen LogP contribution in [0.15, 0.2) is 15.9 Å². The number of aryl methyl sites for hydroxylation is 2. The van der Waals surface area contributed by atoms with Crippen LogP contribution in [0.4, 0.5) is 0 Å². The zero-order chi connectivity index (χ0) is 13.2. The van der Waals surface area contributed by atoms with Gasteiger partial charge in [-0.3, -0.25) is 4.90 Å². The van der Waals surface area contributed by atoms with Gasteiger partial charge in [0.1, 0.15) is 6.04 Å². The van der Waals surface area contributed by atoms with E-state index in [1.807, 2.05) is 6.92 Å². The van der Waals surface area contributed by atoms with Gasteiger partial charge in [-0.05, 0) is 23.9 Å². The molecule has 6 heteroatoms. The molecule has 0 saturated carbocycles. The Morgan fingerprint density at radius 1 is 1.42 bits per heavy atom. The highest BCUT2D eigenvalue weighted by atomic mass is 32.1. The second kappa shape index (κ2) is 5.40. The van der Waals surface area contributed by atoms with Gasteiger partial charge >= 0.3 is 0 Å². The third-order valence-electron chi connectivity index (χ3n) is 3.24. The maximum absolute atomic E-state index is 5.55. The Morgan fingerprint density at radius 3 is 3.00 bits per heavy atom. The largest absolute Gasteiger partial charge is 0.424 e. The molecule has 5 nitrogen and oxygen atoms in total. The first-order valence-electron chi connectivity index (χ1n) is 6.38. The lowest BCUT2D eigenvalue weighted by atomic mass is 10.2. The first kappa shape index (κ1) is 12.8. The fourth-order valence-electron chi connectivity index (χ4n) is 2.32. The Balaban J connectivity index is 1.77. The van der Waals surface area contributed by atoms with Crippen LogP contribution in [0.5, 0.6) is 0 Å². The Bertz CT molecular complexity index is 552. The molecule has 0 bridgehead atoms. The number of rotatable bonds is 3. The molecule has 0 aromatic carbocycles. The number of nitrogens with zero attached hydrogens (tertiary/aromatic N) is 3. The van der Waals surface area contributed by atoms with Crippen molar-refractivity contribution in [2.45, 2.75) is 26.4 Å². The molecule has 1 aliphatic rings. The molecule has 0 aliphatic carbocycles. The number of thiophene rings is 1. The van der Waals surface area contributed by atoms with E-state index in [1.54, 1.807) is 11.3 Å². The van der Waals surface area contributed by atoms with E-state index in [0.29, 0.717) is 18.4 Å². The smallest absolute Gasteiger partial charge is 0.235 e. The minimum atomic E-state index is 0.0650. The van der Waals surface area contributed by atoms with Crippen molar-refractivity contribution in [3.63, 3.8) is 0 Å². The predicted octanol–water partition coefficient (Wildman–Crippen LogP) is 2.32. The van der Waals surface area contributed by atoms with Gasteiger partial charge in [-0.15, -0.1) is 21.5 Å². The lowest BCUT2D eigenvalue weighted by Crippen LogP contribution is -2.39. The van der Waals surface area contributed by atoms with Gasteiger partial charge in [-0.25, -0.2) is 0 Å². The Labute approximate surface area is 116 Å². The molecule has 3 heterocycles. The average molecular weight is 279 g/mol. The molecule has 1 aliphatic heterocycles. The van der Waals surface area contributed by atoms with E-state index < -0.39 is 0 Å². The van der Waals surface area contributed by atoms with E-state index in [4.69, 9.17) is 9.15 Å². The highest BCUT2D eigenvalue weighted by molar-refractivity contribution is 7.10. The third-order valence-corrected chi connectivity index (χ3v) is 4.15. The Morgan fingerprint density at radius 2 is 2.32 bits per heavy atom.